The largest absolute Gasteiger partial charge is 0.458 e. The lowest BCUT2D eigenvalue weighted by Crippen LogP contribution is -2.15. The lowest BCUT2D eigenvalue weighted by atomic mass is 9.78. The zero-order chi connectivity index (χ0) is 16.9. The average Bonchev–Trinajstić information content (AvgIpc) is 2.53. The summed E-state index contributed by atoms with van der Waals surface area (Å²) in [5, 5.41) is 0. The van der Waals surface area contributed by atoms with Gasteiger partial charge in [0.1, 0.15) is 11.5 Å². The van der Waals surface area contributed by atoms with Crippen molar-refractivity contribution in [2.75, 3.05) is 0 Å². The SMILES string of the molecule is C=C(/C=C/c1ccccc1)Oc1ccc(C(C)C(C)(C)C)cc1. The van der Waals surface area contributed by atoms with Crippen LogP contribution in [0.25, 0.3) is 6.08 Å². The Labute approximate surface area is 140 Å². The highest BCUT2D eigenvalue weighted by molar-refractivity contribution is 5.51. The monoisotopic (exact) mass is 306 g/mol. The van der Waals surface area contributed by atoms with Crippen LogP contribution in [0.3, 0.4) is 0 Å². The van der Waals surface area contributed by atoms with Crippen LogP contribution in [0.5, 0.6) is 5.75 Å². The first-order chi connectivity index (χ1) is 10.9. The van der Waals surface area contributed by atoms with Crippen LogP contribution in [0.15, 0.2) is 73.0 Å². The van der Waals surface area contributed by atoms with E-state index in [0.717, 1.165) is 11.3 Å². The Bertz CT molecular complexity index is 657. The number of rotatable bonds is 5. The van der Waals surface area contributed by atoms with E-state index in [9.17, 15) is 0 Å². The van der Waals surface area contributed by atoms with Gasteiger partial charge in [0.05, 0.1) is 0 Å². The van der Waals surface area contributed by atoms with Gasteiger partial charge in [0.2, 0.25) is 0 Å². The maximum atomic E-state index is 5.78. The van der Waals surface area contributed by atoms with Crippen LogP contribution in [-0.2, 0) is 0 Å². The van der Waals surface area contributed by atoms with E-state index in [1.165, 1.54) is 5.56 Å². The van der Waals surface area contributed by atoms with Crippen LogP contribution in [0.2, 0.25) is 0 Å². The molecule has 0 saturated heterocycles. The smallest absolute Gasteiger partial charge is 0.127 e. The fourth-order valence-electron chi connectivity index (χ4n) is 2.26. The first-order valence-electron chi connectivity index (χ1n) is 8.06. The molecular formula is C22H26O. The fraction of sp³-hybridized carbons (Fsp3) is 0.273. The molecule has 0 radical (unpaired) electrons. The second-order valence-corrected chi connectivity index (χ2v) is 6.97. The van der Waals surface area contributed by atoms with E-state index in [1.807, 2.05) is 54.6 Å². The van der Waals surface area contributed by atoms with Crippen molar-refractivity contribution in [1.82, 2.24) is 0 Å². The molecule has 0 bridgehead atoms. The third-order valence-corrected chi connectivity index (χ3v) is 4.19. The standard InChI is InChI=1S/C22H26O/c1-17(11-12-19-9-7-6-8-10-19)23-21-15-13-20(14-16-21)18(2)22(3,4)5/h6-16,18H,1H2,2-5H3/b12-11+. The highest BCUT2D eigenvalue weighted by Gasteiger charge is 2.21. The molecule has 2 aromatic rings. The van der Waals surface area contributed by atoms with Gasteiger partial charge in [-0.25, -0.2) is 0 Å². The number of allylic oxidation sites excluding steroid dienone is 1. The van der Waals surface area contributed by atoms with Crippen molar-refractivity contribution >= 4 is 6.08 Å². The van der Waals surface area contributed by atoms with E-state index in [2.05, 4.69) is 46.4 Å². The van der Waals surface area contributed by atoms with Gasteiger partial charge in [0, 0.05) is 0 Å². The molecule has 1 atom stereocenters. The van der Waals surface area contributed by atoms with Gasteiger partial charge in [0.25, 0.3) is 0 Å². The van der Waals surface area contributed by atoms with Gasteiger partial charge in [-0.2, -0.15) is 0 Å². The van der Waals surface area contributed by atoms with Crippen LogP contribution in [0.4, 0.5) is 0 Å². The maximum Gasteiger partial charge on any atom is 0.127 e. The highest BCUT2D eigenvalue weighted by Crippen LogP contribution is 2.35. The van der Waals surface area contributed by atoms with E-state index < -0.39 is 0 Å². The lowest BCUT2D eigenvalue weighted by molar-refractivity contribution is 0.339. The van der Waals surface area contributed by atoms with Crippen LogP contribution < -0.4 is 4.74 Å². The molecule has 0 N–H and O–H groups in total. The van der Waals surface area contributed by atoms with Crippen molar-refractivity contribution < 1.29 is 4.74 Å². The summed E-state index contributed by atoms with van der Waals surface area (Å²) in [4.78, 5) is 0. The minimum Gasteiger partial charge on any atom is -0.458 e. The highest BCUT2D eigenvalue weighted by atomic mass is 16.5. The van der Waals surface area contributed by atoms with Crippen molar-refractivity contribution in [3.05, 3.63) is 84.1 Å². The molecule has 1 heteroatoms. The summed E-state index contributed by atoms with van der Waals surface area (Å²) >= 11 is 0. The van der Waals surface area contributed by atoms with Crippen molar-refractivity contribution in [3.63, 3.8) is 0 Å². The topological polar surface area (TPSA) is 9.23 Å². The predicted octanol–water partition coefficient (Wildman–Crippen LogP) is 6.44. The van der Waals surface area contributed by atoms with Gasteiger partial charge >= 0.3 is 0 Å². The van der Waals surface area contributed by atoms with E-state index in [0.29, 0.717) is 11.7 Å². The van der Waals surface area contributed by atoms with Crippen LogP contribution in [0.1, 0.15) is 44.7 Å². The molecule has 0 aliphatic carbocycles. The molecule has 2 rings (SSSR count). The molecule has 0 aliphatic rings. The fourth-order valence-corrected chi connectivity index (χ4v) is 2.26. The second kappa shape index (κ2) is 7.32. The maximum absolute atomic E-state index is 5.78. The minimum absolute atomic E-state index is 0.254. The molecule has 0 saturated carbocycles. The van der Waals surface area contributed by atoms with E-state index in [-0.39, 0.29) is 5.41 Å². The Morgan fingerprint density at radius 2 is 1.61 bits per heavy atom. The van der Waals surface area contributed by atoms with Crippen molar-refractivity contribution in [1.29, 1.82) is 0 Å². The average molecular weight is 306 g/mol. The second-order valence-electron chi connectivity index (χ2n) is 6.97. The summed E-state index contributed by atoms with van der Waals surface area (Å²) in [6, 6.07) is 18.4. The Morgan fingerprint density at radius 3 is 2.17 bits per heavy atom. The molecule has 23 heavy (non-hydrogen) atoms. The van der Waals surface area contributed by atoms with E-state index in [4.69, 9.17) is 4.74 Å². The van der Waals surface area contributed by atoms with E-state index in [1.54, 1.807) is 0 Å². The molecule has 1 nitrogen and oxygen atoms in total. The molecule has 0 spiro atoms. The van der Waals surface area contributed by atoms with Gasteiger partial charge < -0.3 is 4.74 Å². The molecule has 0 heterocycles. The quantitative estimate of drug-likeness (QED) is 0.456. The Morgan fingerprint density at radius 1 is 1.00 bits per heavy atom. The van der Waals surface area contributed by atoms with Gasteiger partial charge in [-0.15, -0.1) is 0 Å². The summed E-state index contributed by atoms with van der Waals surface area (Å²) in [6.07, 6.45) is 3.89. The third-order valence-electron chi connectivity index (χ3n) is 4.19. The van der Waals surface area contributed by atoms with Gasteiger partial charge in [-0.05, 0) is 40.7 Å². The minimum atomic E-state index is 0.254. The zero-order valence-corrected chi connectivity index (χ0v) is 14.5. The molecule has 1 unspecified atom stereocenters. The first-order valence-corrected chi connectivity index (χ1v) is 8.06. The summed E-state index contributed by atoms with van der Waals surface area (Å²) < 4.78 is 5.78. The Balaban J connectivity index is 1.98. The summed E-state index contributed by atoms with van der Waals surface area (Å²) in [7, 11) is 0. The predicted molar refractivity (Wildman–Crippen MR) is 99.6 cm³/mol. The number of ether oxygens (including phenoxy) is 1. The molecule has 0 amide bonds. The lowest BCUT2D eigenvalue weighted by Gasteiger charge is -2.27. The molecule has 0 aliphatic heterocycles. The van der Waals surface area contributed by atoms with Crippen LogP contribution in [0, 0.1) is 5.41 Å². The molecule has 2 aromatic carbocycles. The zero-order valence-electron chi connectivity index (χ0n) is 14.5. The number of hydrogen-bond acceptors (Lipinski definition) is 1. The Kier molecular flexibility index (Phi) is 5.44. The van der Waals surface area contributed by atoms with Gasteiger partial charge in [-0.3, -0.25) is 0 Å². The Hall–Kier alpha value is -2.28. The van der Waals surface area contributed by atoms with Gasteiger partial charge in [-0.1, -0.05) is 82.8 Å². The number of hydrogen-bond donors (Lipinski definition) is 0. The molecule has 0 fully saturated rings. The molecule has 0 aromatic heterocycles. The van der Waals surface area contributed by atoms with Crippen molar-refractivity contribution in [2.24, 2.45) is 5.41 Å². The van der Waals surface area contributed by atoms with E-state index >= 15 is 0 Å². The normalized spacial score (nSPS) is 13.0. The van der Waals surface area contributed by atoms with Crippen LogP contribution >= 0.6 is 0 Å². The summed E-state index contributed by atoms with van der Waals surface area (Å²) in [6.45, 7) is 13.0. The van der Waals surface area contributed by atoms with Crippen LogP contribution in [-0.4, -0.2) is 0 Å². The number of benzene rings is 2. The third kappa shape index (κ3) is 5.14. The molecular weight excluding hydrogens is 280 g/mol. The summed E-state index contributed by atoms with van der Waals surface area (Å²) in [5.74, 6) is 1.95. The molecule has 120 valence electrons. The summed E-state index contributed by atoms with van der Waals surface area (Å²) in [5.41, 5.74) is 2.71. The first kappa shape index (κ1) is 17.1. The van der Waals surface area contributed by atoms with Crippen molar-refractivity contribution in [3.8, 4) is 5.75 Å². The van der Waals surface area contributed by atoms with Crippen molar-refractivity contribution in [2.45, 2.75) is 33.6 Å². The van der Waals surface area contributed by atoms with Gasteiger partial charge in [0.15, 0.2) is 0 Å².